The highest BCUT2D eigenvalue weighted by Gasteiger charge is 2.16. The van der Waals surface area contributed by atoms with Crippen LogP contribution < -0.4 is 10.5 Å². The molecule has 1 atom stereocenters. The Morgan fingerprint density at radius 2 is 2.16 bits per heavy atom. The summed E-state index contributed by atoms with van der Waals surface area (Å²) in [4.78, 5) is 0. The second-order valence-corrected chi connectivity index (χ2v) is 5.85. The minimum atomic E-state index is -0.298. The fraction of sp³-hybridized carbons (Fsp3) is 0.533. The third-order valence-corrected chi connectivity index (χ3v) is 3.20. The lowest BCUT2D eigenvalue weighted by atomic mass is 9.90. The van der Waals surface area contributed by atoms with Crippen LogP contribution in [0.4, 0.5) is 0 Å². The van der Waals surface area contributed by atoms with Crippen LogP contribution in [0.1, 0.15) is 45.2 Å². The van der Waals surface area contributed by atoms with Gasteiger partial charge in [0.05, 0.1) is 18.1 Å². The van der Waals surface area contributed by atoms with Gasteiger partial charge in [-0.2, -0.15) is 5.26 Å². The molecule has 19 heavy (non-hydrogen) atoms. The molecule has 0 bridgehead atoms. The molecule has 0 radical (unpaired) electrons. The lowest BCUT2D eigenvalue weighted by Gasteiger charge is -2.17. The van der Waals surface area contributed by atoms with E-state index < -0.39 is 0 Å². The molecular weight excluding hydrogens is 260 g/mol. The molecule has 0 saturated heterocycles. The molecule has 0 saturated carbocycles. The molecule has 1 unspecified atom stereocenters. The molecule has 3 nitrogen and oxygen atoms in total. The Bertz CT molecular complexity index is 464. The van der Waals surface area contributed by atoms with Crippen LogP contribution in [0.25, 0.3) is 0 Å². The molecule has 1 rings (SSSR count). The maximum absolute atomic E-state index is 8.94. The van der Waals surface area contributed by atoms with E-state index in [4.69, 9.17) is 27.3 Å². The number of nitriles is 1. The van der Waals surface area contributed by atoms with Crippen LogP contribution in [0.15, 0.2) is 18.2 Å². The van der Waals surface area contributed by atoms with Crippen LogP contribution in [-0.2, 0) is 0 Å². The third-order valence-electron chi connectivity index (χ3n) is 2.97. The highest BCUT2D eigenvalue weighted by molar-refractivity contribution is 6.30. The average molecular weight is 281 g/mol. The molecular formula is C15H21ClN2O. The van der Waals surface area contributed by atoms with Crippen LogP contribution in [0.2, 0.25) is 5.02 Å². The monoisotopic (exact) mass is 280 g/mol. The van der Waals surface area contributed by atoms with E-state index in [1.807, 2.05) is 32.9 Å². The Morgan fingerprint density at radius 3 is 2.74 bits per heavy atom. The minimum Gasteiger partial charge on any atom is -0.493 e. The topological polar surface area (TPSA) is 59.0 Å². The first-order valence-corrected chi connectivity index (χ1v) is 6.82. The second-order valence-electron chi connectivity index (χ2n) is 5.42. The maximum atomic E-state index is 8.94. The van der Waals surface area contributed by atoms with Gasteiger partial charge in [0, 0.05) is 16.6 Å². The quantitative estimate of drug-likeness (QED) is 0.799. The molecule has 4 heteroatoms. The molecule has 0 aliphatic heterocycles. The maximum Gasteiger partial charge on any atom is 0.124 e. The number of ether oxygens (including phenoxy) is 1. The summed E-state index contributed by atoms with van der Waals surface area (Å²) in [7, 11) is 0. The summed E-state index contributed by atoms with van der Waals surface area (Å²) in [6.07, 6.45) is 1.65. The van der Waals surface area contributed by atoms with Gasteiger partial charge >= 0.3 is 0 Å². The molecule has 0 heterocycles. The van der Waals surface area contributed by atoms with Gasteiger partial charge in [-0.05, 0) is 51.8 Å². The normalized spacial score (nSPS) is 12.8. The summed E-state index contributed by atoms with van der Waals surface area (Å²) >= 11 is 5.95. The minimum absolute atomic E-state index is 0.121. The zero-order chi connectivity index (χ0) is 14.5. The van der Waals surface area contributed by atoms with Crippen molar-refractivity contribution < 1.29 is 4.74 Å². The van der Waals surface area contributed by atoms with Gasteiger partial charge in [-0.1, -0.05) is 11.6 Å². The zero-order valence-electron chi connectivity index (χ0n) is 11.7. The van der Waals surface area contributed by atoms with Crippen molar-refractivity contribution in [3.63, 3.8) is 0 Å². The van der Waals surface area contributed by atoms with Crippen molar-refractivity contribution >= 4 is 11.6 Å². The Labute approximate surface area is 120 Å². The largest absolute Gasteiger partial charge is 0.493 e. The third kappa shape index (κ3) is 5.10. The number of rotatable bonds is 6. The zero-order valence-corrected chi connectivity index (χ0v) is 12.5. The standard InChI is InChI=1S/C15H21ClN2O/c1-11(18)13-9-12(16)5-6-14(13)19-8-4-7-15(2,3)10-17/h5-6,9,11H,4,7-8,18H2,1-3H3. The molecule has 0 fully saturated rings. The van der Waals surface area contributed by atoms with E-state index in [0.29, 0.717) is 11.6 Å². The van der Waals surface area contributed by atoms with Gasteiger partial charge in [-0.15, -0.1) is 0 Å². The first-order chi connectivity index (χ1) is 8.85. The van der Waals surface area contributed by atoms with E-state index in [1.54, 1.807) is 6.07 Å². The molecule has 1 aromatic rings. The molecule has 0 amide bonds. The summed E-state index contributed by atoms with van der Waals surface area (Å²) in [6, 6.07) is 7.63. The molecule has 1 aromatic carbocycles. The van der Waals surface area contributed by atoms with Crippen LogP contribution >= 0.6 is 11.6 Å². The first kappa shape index (κ1) is 15.8. The molecule has 0 spiro atoms. The van der Waals surface area contributed by atoms with Crippen LogP contribution in [0, 0.1) is 16.7 Å². The Hall–Kier alpha value is -1.24. The SMILES string of the molecule is CC(N)c1cc(Cl)ccc1OCCCC(C)(C)C#N. The Balaban J connectivity index is 2.57. The van der Waals surface area contributed by atoms with Crippen molar-refractivity contribution in [2.45, 2.75) is 39.7 Å². The summed E-state index contributed by atoms with van der Waals surface area (Å²) in [5.74, 6) is 0.772. The summed E-state index contributed by atoms with van der Waals surface area (Å²) < 4.78 is 5.75. The molecule has 2 N–H and O–H groups in total. The number of hydrogen-bond acceptors (Lipinski definition) is 3. The smallest absolute Gasteiger partial charge is 0.124 e. The van der Waals surface area contributed by atoms with Crippen molar-refractivity contribution in [3.8, 4) is 11.8 Å². The van der Waals surface area contributed by atoms with E-state index >= 15 is 0 Å². The predicted molar refractivity (Wildman–Crippen MR) is 78.2 cm³/mol. The van der Waals surface area contributed by atoms with Gasteiger partial charge in [-0.3, -0.25) is 0 Å². The highest BCUT2D eigenvalue weighted by atomic mass is 35.5. The van der Waals surface area contributed by atoms with Crippen molar-refractivity contribution in [2.75, 3.05) is 6.61 Å². The van der Waals surface area contributed by atoms with Crippen molar-refractivity contribution in [1.82, 2.24) is 0 Å². The Kier molecular flexibility index (Phi) is 5.65. The lowest BCUT2D eigenvalue weighted by Crippen LogP contribution is -2.12. The molecule has 0 aliphatic carbocycles. The lowest BCUT2D eigenvalue weighted by molar-refractivity contribution is 0.281. The summed E-state index contributed by atoms with van der Waals surface area (Å²) in [5, 5.41) is 9.59. The number of nitrogens with zero attached hydrogens (tertiary/aromatic N) is 1. The van der Waals surface area contributed by atoms with E-state index in [2.05, 4.69) is 6.07 Å². The summed E-state index contributed by atoms with van der Waals surface area (Å²) in [5.41, 5.74) is 6.51. The number of nitrogens with two attached hydrogens (primary N) is 1. The van der Waals surface area contributed by atoms with E-state index in [0.717, 1.165) is 24.2 Å². The van der Waals surface area contributed by atoms with Gasteiger partial charge in [0.2, 0.25) is 0 Å². The van der Waals surface area contributed by atoms with Gasteiger partial charge in [0.15, 0.2) is 0 Å². The molecule has 0 aliphatic rings. The predicted octanol–water partition coefficient (Wildman–Crippen LogP) is 4.07. The van der Waals surface area contributed by atoms with E-state index in [1.165, 1.54) is 0 Å². The van der Waals surface area contributed by atoms with Crippen molar-refractivity contribution in [3.05, 3.63) is 28.8 Å². The average Bonchev–Trinajstić information content (AvgIpc) is 2.36. The second kappa shape index (κ2) is 6.79. The van der Waals surface area contributed by atoms with Crippen LogP contribution in [-0.4, -0.2) is 6.61 Å². The van der Waals surface area contributed by atoms with Gasteiger partial charge in [0.1, 0.15) is 5.75 Å². The fourth-order valence-electron chi connectivity index (χ4n) is 1.76. The number of hydrogen-bond donors (Lipinski definition) is 1. The van der Waals surface area contributed by atoms with Gasteiger partial charge < -0.3 is 10.5 Å². The number of benzene rings is 1. The van der Waals surface area contributed by atoms with Gasteiger partial charge in [-0.25, -0.2) is 0 Å². The van der Waals surface area contributed by atoms with Crippen LogP contribution in [0.5, 0.6) is 5.75 Å². The fourth-order valence-corrected chi connectivity index (χ4v) is 1.94. The first-order valence-electron chi connectivity index (χ1n) is 6.45. The Morgan fingerprint density at radius 1 is 1.47 bits per heavy atom. The molecule has 104 valence electrons. The van der Waals surface area contributed by atoms with E-state index in [-0.39, 0.29) is 11.5 Å². The van der Waals surface area contributed by atoms with Gasteiger partial charge in [0.25, 0.3) is 0 Å². The highest BCUT2D eigenvalue weighted by Crippen LogP contribution is 2.28. The molecule has 0 aromatic heterocycles. The summed E-state index contributed by atoms with van der Waals surface area (Å²) in [6.45, 7) is 6.34. The van der Waals surface area contributed by atoms with Crippen molar-refractivity contribution in [1.29, 1.82) is 5.26 Å². The van der Waals surface area contributed by atoms with Crippen LogP contribution in [0.3, 0.4) is 0 Å². The number of halogens is 1. The van der Waals surface area contributed by atoms with E-state index in [9.17, 15) is 0 Å². The van der Waals surface area contributed by atoms with Crippen molar-refractivity contribution in [2.24, 2.45) is 11.1 Å².